The predicted octanol–water partition coefficient (Wildman–Crippen LogP) is 2.41. The SMILES string of the molecule is CCS(=O)(O)(O)CCCc1ccccc1. The quantitative estimate of drug-likeness (QED) is 0.816. The summed E-state index contributed by atoms with van der Waals surface area (Å²) in [7, 11) is -4.30. The zero-order valence-corrected chi connectivity index (χ0v) is 9.74. The summed E-state index contributed by atoms with van der Waals surface area (Å²) in [5.74, 6) is -0.130. The highest BCUT2D eigenvalue weighted by atomic mass is 32.3. The maximum atomic E-state index is 11.5. The lowest BCUT2D eigenvalue weighted by Crippen LogP contribution is -2.37. The third-order valence-corrected chi connectivity index (χ3v) is 4.71. The summed E-state index contributed by atoms with van der Waals surface area (Å²) >= 11 is 0. The van der Waals surface area contributed by atoms with E-state index in [0.717, 1.165) is 12.0 Å². The number of hydrogen-bond acceptors (Lipinski definition) is 1. The van der Waals surface area contributed by atoms with E-state index < -0.39 is 9.63 Å². The first-order valence-electron chi connectivity index (χ1n) is 5.08. The molecule has 1 rings (SSSR count). The molecule has 4 heteroatoms. The molecule has 0 aliphatic carbocycles. The van der Waals surface area contributed by atoms with Gasteiger partial charge < -0.3 is 9.11 Å². The van der Waals surface area contributed by atoms with Gasteiger partial charge in [0.25, 0.3) is 0 Å². The van der Waals surface area contributed by atoms with Gasteiger partial charge in [-0.15, -0.1) is 0 Å². The summed E-state index contributed by atoms with van der Waals surface area (Å²) in [6.07, 6.45) is 1.24. The minimum absolute atomic E-state index is 0.0391. The fourth-order valence-electron chi connectivity index (χ4n) is 1.36. The van der Waals surface area contributed by atoms with E-state index in [1.807, 2.05) is 30.3 Å². The average molecular weight is 230 g/mol. The first-order valence-corrected chi connectivity index (χ1v) is 7.30. The monoisotopic (exact) mass is 230 g/mol. The van der Waals surface area contributed by atoms with Gasteiger partial charge in [-0.3, -0.25) is 0 Å². The number of hydrogen-bond donors (Lipinski definition) is 2. The average Bonchev–Trinajstić information content (AvgIpc) is 2.19. The topological polar surface area (TPSA) is 57.5 Å². The van der Waals surface area contributed by atoms with Crippen LogP contribution in [-0.4, -0.2) is 24.8 Å². The molecule has 0 radical (unpaired) electrons. The smallest absolute Gasteiger partial charge is 0.0823 e. The summed E-state index contributed by atoms with van der Waals surface area (Å²) in [5.41, 5.74) is 1.12. The molecule has 0 saturated heterocycles. The minimum atomic E-state index is -4.30. The van der Waals surface area contributed by atoms with E-state index in [9.17, 15) is 13.3 Å². The molecule has 15 heavy (non-hydrogen) atoms. The molecule has 0 amide bonds. The molecule has 0 spiro atoms. The first-order chi connectivity index (χ1) is 6.91. The highest BCUT2D eigenvalue weighted by Gasteiger charge is 2.26. The van der Waals surface area contributed by atoms with Crippen LogP contribution in [-0.2, 0) is 16.0 Å². The van der Waals surface area contributed by atoms with E-state index in [2.05, 4.69) is 0 Å². The summed E-state index contributed by atoms with van der Waals surface area (Å²) in [6, 6.07) is 9.74. The molecule has 0 fully saturated rings. The van der Waals surface area contributed by atoms with Crippen LogP contribution in [0.4, 0.5) is 0 Å². The van der Waals surface area contributed by atoms with Gasteiger partial charge in [-0.25, -0.2) is 4.21 Å². The van der Waals surface area contributed by atoms with Crippen LogP contribution >= 0.6 is 0 Å². The third kappa shape index (κ3) is 4.55. The van der Waals surface area contributed by atoms with Crippen molar-refractivity contribution < 1.29 is 13.3 Å². The van der Waals surface area contributed by atoms with E-state index in [4.69, 9.17) is 0 Å². The molecule has 0 unspecified atom stereocenters. The van der Waals surface area contributed by atoms with Crippen molar-refractivity contribution in [1.82, 2.24) is 0 Å². The van der Waals surface area contributed by atoms with Crippen LogP contribution in [0.2, 0.25) is 0 Å². The normalized spacial score (nSPS) is 14.5. The fourth-order valence-corrected chi connectivity index (χ4v) is 2.37. The Kier molecular flexibility index (Phi) is 3.65. The molecule has 86 valence electrons. The molecule has 0 atom stereocenters. The van der Waals surface area contributed by atoms with Gasteiger partial charge >= 0.3 is 0 Å². The van der Waals surface area contributed by atoms with Crippen LogP contribution < -0.4 is 0 Å². The standard InChI is InChI=1S/C11H18O3S/c1-2-15(12,13,14)10-6-9-11-7-4-3-5-8-11/h3-5,7-8H,2,6,9-10H2,1H3,(H2,12,13,14). The molecule has 0 aromatic heterocycles. The lowest BCUT2D eigenvalue weighted by molar-refractivity contribution is 0.390. The van der Waals surface area contributed by atoms with Gasteiger partial charge in [0.05, 0.1) is 9.63 Å². The predicted molar refractivity (Wildman–Crippen MR) is 63.6 cm³/mol. The second-order valence-electron chi connectivity index (χ2n) is 3.77. The molecular weight excluding hydrogens is 212 g/mol. The Morgan fingerprint density at radius 1 is 1.20 bits per heavy atom. The highest BCUT2D eigenvalue weighted by Crippen LogP contribution is 2.18. The van der Waals surface area contributed by atoms with Crippen molar-refractivity contribution in [3.8, 4) is 0 Å². The first kappa shape index (κ1) is 12.4. The lowest BCUT2D eigenvalue weighted by atomic mass is 10.1. The molecular formula is C11H18O3S. The Labute approximate surface area is 90.6 Å². The number of rotatable bonds is 5. The maximum Gasteiger partial charge on any atom is 0.0823 e. The summed E-state index contributed by atoms with van der Waals surface area (Å²) in [6.45, 7) is 1.53. The maximum absolute atomic E-state index is 11.5. The van der Waals surface area contributed by atoms with Gasteiger partial charge in [0.15, 0.2) is 0 Å². The lowest BCUT2D eigenvalue weighted by Gasteiger charge is -2.28. The highest BCUT2D eigenvalue weighted by molar-refractivity contribution is 8.10. The molecule has 0 bridgehead atoms. The van der Waals surface area contributed by atoms with E-state index in [-0.39, 0.29) is 11.5 Å². The Morgan fingerprint density at radius 2 is 1.80 bits per heavy atom. The van der Waals surface area contributed by atoms with Crippen LogP contribution in [0.3, 0.4) is 0 Å². The zero-order valence-electron chi connectivity index (χ0n) is 8.93. The van der Waals surface area contributed by atoms with Crippen molar-refractivity contribution in [2.24, 2.45) is 0 Å². The number of aryl methyl sites for hydroxylation is 1. The molecule has 1 aromatic carbocycles. The van der Waals surface area contributed by atoms with Crippen LogP contribution in [0, 0.1) is 0 Å². The van der Waals surface area contributed by atoms with Crippen LogP contribution in [0.5, 0.6) is 0 Å². The number of benzene rings is 1. The minimum Gasteiger partial charge on any atom is -0.308 e. The Balaban J connectivity index is 2.44. The van der Waals surface area contributed by atoms with Crippen LogP contribution in [0.15, 0.2) is 30.3 Å². The molecule has 0 aliphatic heterocycles. The summed E-state index contributed by atoms with van der Waals surface area (Å²) in [5, 5.41) is 0. The van der Waals surface area contributed by atoms with Gasteiger partial charge in [0.1, 0.15) is 0 Å². The van der Waals surface area contributed by atoms with Crippen molar-refractivity contribution in [1.29, 1.82) is 0 Å². The Bertz CT molecular complexity index is 367. The largest absolute Gasteiger partial charge is 0.308 e. The summed E-state index contributed by atoms with van der Waals surface area (Å²) < 4.78 is 30.2. The van der Waals surface area contributed by atoms with E-state index >= 15 is 0 Å². The summed E-state index contributed by atoms with van der Waals surface area (Å²) in [4.78, 5) is 0. The van der Waals surface area contributed by atoms with Crippen molar-refractivity contribution in [3.63, 3.8) is 0 Å². The molecule has 2 N–H and O–H groups in total. The second kappa shape index (κ2) is 4.43. The van der Waals surface area contributed by atoms with E-state index in [1.54, 1.807) is 0 Å². The van der Waals surface area contributed by atoms with Gasteiger partial charge in [-0.05, 0) is 18.4 Å². The van der Waals surface area contributed by atoms with Gasteiger partial charge in [-0.1, -0.05) is 37.3 Å². The Hall–Kier alpha value is -0.710. The van der Waals surface area contributed by atoms with Crippen molar-refractivity contribution in [2.75, 3.05) is 11.5 Å². The second-order valence-corrected chi connectivity index (χ2v) is 7.13. The van der Waals surface area contributed by atoms with Gasteiger partial charge in [-0.2, -0.15) is 0 Å². The third-order valence-electron chi connectivity index (χ3n) is 2.44. The zero-order chi connectivity index (χ0) is 11.4. The van der Waals surface area contributed by atoms with E-state index in [0.29, 0.717) is 6.42 Å². The van der Waals surface area contributed by atoms with Crippen molar-refractivity contribution >= 4 is 9.63 Å². The fraction of sp³-hybridized carbons (Fsp3) is 0.455. The Morgan fingerprint density at radius 3 is 2.33 bits per heavy atom. The van der Waals surface area contributed by atoms with Gasteiger partial charge in [0, 0.05) is 11.5 Å². The van der Waals surface area contributed by atoms with Gasteiger partial charge in [0.2, 0.25) is 0 Å². The van der Waals surface area contributed by atoms with Crippen LogP contribution in [0.1, 0.15) is 18.9 Å². The molecule has 0 saturated carbocycles. The molecule has 1 aromatic rings. The van der Waals surface area contributed by atoms with Crippen LogP contribution in [0.25, 0.3) is 0 Å². The van der Waals surface area contributed by atoms with Crippen molar-refractivity contribution in [3.05, 3.63) is 35.9 Å². The molecule has 0 aliphatic rings. The van der Waals surface area contributed by atoms with E-state index in [1.165, 1.54) is 6.92 Å². The molecule has 3 nitrogen and oxygen atoms in total. The molecule has 0 heterocycles. The van der Waals surface area contributed by atoms with Crippen molar-refractivity contribution in [2.45, 2.75) is 19.8 Å².